The molecule has 0 atom stereocenters. The first-order chi connectivity index (χ1) is 15.3. The van der Waals surface area contributed by atoms with Crippen LogP contribution in [0, 0.1) is 0 Å². The van der Waals surface area contributed by atoms with E-state index in [0.29, 0.717) is 11.4 Å². The maximum absolute atomic E-state index is 12.4. The molecule has 0 saturated carbocycles. The summed E-state index contributed by atoms with van der Waals surface area (Å²) >= 11 is 0. The quantitative estimate of drug-likeness (QED) is 0.440. The van der Waals surface area contributed by atoms with E-state index in [2.05, 4.69) is 10.0 Å². The number of furan rings is 1. The molecular formula is C21H19N3O7S. The van der Waals surface area contributed by atoms with E-state index in [1.165, 1.54) is 30.5 Å². The van der Waals surface area contributed by atoms with Crippen molar-refractivity contribution in [1.29, 1.82) is 0 Å². The van der Waals surface area contributed by atoms with Crippen LogP contribution in [0.15, 0.2) is 82.3 Å². The van der Waals surface area contributed by atoms with E-state index >= 15 is 0 Å². The van der Waals surface area contributed by atoms with Crippen LogP contribution in [0.2, 0.25) is 0 Å². The Bertz CT molecular complexity index is 1180. The number of imide groups is 1. The molecule has 3 amide bonds. The van der Waals surface area contributed by atoms with Crippen LogP contribution in [0.5, 0.6) is 0 Å². The molecule has 10 nitrogen and oxygen atoms in total. The van der Waals surface area contributed by atoms with Gasteiger partial charge in [0.1, 0.15) is 5.76 Å². The highest BCUT2D eigenvalue weighted by Gasteiger charge is 2.17. The van der Waals surface area contributed by atoms with Gasteiger partial charge in [-0.2, -0.15) is 0 Å². The van der Waals surface area contributed by atoms with Crippen LogP contribution in [0.1, 0.15) is 16.1 Å². The lowest BCUT2D eigenvalue weighted by atomic mass is 10.2. The highest BCUT2D eigenvalue weighted by molar-refractivity contribution is 7.92. The Hall–Kier alpha value is -4.12. The van der Waals surface area contributed by atoms with Gasteiger partial charge in [-0.1, -0.05) is 18.2 Å². The van der Waals surface area contributed by atoms with Crippen molar-refractivity contribution in [2.45, 2.75) is 11.4 Å². The lowest BCUT2D eigenvalue weighted by molar-refractivity contribution is -0.123. The van der Waals surface area contributed by atoms with Gasteiger partial charge in [0.15, 0.2) is 6.61 Å². The SMILES string of the molecule is O=C(COC(=O)c1ccc(S(=O)(=O)Nc2ccccc2)cc1)NC(=O)NCc1ccco1. The Balaban J connectivity index is 1.47. The predicted molar refractivity (Wildman–Crippen MR) is 113 cm³/mol. The zero-order valence-electron chi connectivity index (χ0n) is 16.6. The summed E-state index contributed by atoms with van der Waals surface area (Å²) in [6.07, 6.45) is 1.45. The molecule has 3 N–H and O–H groups in total. The van der Waals surface area contributed by atoms with Crippen molar-refractivity contribution in [3.05, 3.63) is 84.3 Å². The number of rotatable bonds is 8. The van der Waals surface area contributed by atoms with Crippen molar-refractivity contribution >= 4 is 33.6 Å². The third kappa shape index (κ3) is 6.44. The van der Waals surface area contributed by atoms with Gasteiger partial charge in [-0.05, 0) is 48.5 Å². The van der Waals surface area contributed by atoms with Gasteiger partial charge >= 0.3 is 12.0 Å². The number of carbonyl (C=O) groups excluding carboxylic acids is 3. The van der Waals surface area contributed by atoms with Crippen molar-refractivity contribution in [3.63, 3.8) is 0 Å². The minimum atomic E-state index is -3.83. The minimum Gasteiger partial charge on any atom is -0.467 e. The molecule has 0 spiro atoms. The number of ether oxygens (including phenoxy) is 1. The fraction of sp³-hybridized carbons (Fsp3) is 0.0952. The van der Waals surface area contributed by atoms with E-state index < -0.39 is 34.5 Å². The number of nitrogens with one attached hydrogen (secondary N) is 3. The van der Waals surface area contributed by atoms with Gasteiger partial charge in [-0.25, -0.2) is 18.0 Å². The molecule has 166 valence electrons. The maximum atomic E-state index is 12.4. The van der Waals surface area contributed by atoms with E-state index in [0.717, 1.165) is 0 Å². The lowest BCUT2D eigenvalue weighted by Crippen LogP contribution is -2.41. The Morgan fingerprint density at radius 3 is 2.28 bits per heavy atom. The maximum Gasteiger partial charge on any atom is 0.338 e. The standard InChI is InChI=1S/C21H19N3O7S/c25-19(23-21(27)22-13-17-7-4-12-30-17)14-31-20(26)15-8-10-18(11-9-15)32(28,29)24-16-5-2-1-3-6-16/h1-12,24H,13-14H2,(H2,22,23,25,27). The van der Waals surface area contributed by atoms with Gasteiger partial charge < -0.3 is 14.5 Å². The van der Waals surface area contributed by atoms with Crippen molar-refractivity contribution in [3.8, 4) is 0 Å². The van der Waals surface area contributed by atoms with E-state index in [4.69, 9.17) is 9.15 Å². The summed E-state index contributed by atoms with van der Waals surface area (Å²) in [5, 5.41) is 4.41. The molecule has 0 aliphatic rings. The Kier molecular flexibility index (Phi) is 7.24. The molecule has 0 fully saturated rings. The van der Waals surface area contributed by atoms with Crippen LogP contribution in [-0.4, -0.2) is 32.9 Å². The van der Waals surface area contributed by atoms with E-state index in [1.54, 1.807) is 42.5 Å². The molecule has 3 rings (SSSR count). The summed E-state index contributed by atoms with van der Waals surface area (Å²) in [6, 6.07) is 15.9. The molecule has 0 aliphatic heterocycles. The van der Waals surface area contributed by atoms with E-state index in [9.17, 15) is 22.8 Å². The summed E-state index contributed by atoms with van der Waals surface area (Å²) in [6.45, 7) is -0.608. The topological polar surface area (TPSA) is 144 Å². The number of hydrogen-bond donors (Lipinski definition) is 3. The van der Waals surface area contributed by atoms with Gasteiger partial charge in [0.2, 0.25) is 0 Å². The van der Waals surface area contributed by atoms with Gasteiger partial charge in [0, 0.05) is 5.69 Å². The Labute approximate surface area is 183 Å². The van der Waals surface area contributed by atoms with Crippen molar-refractivity contribution in [1.82, 2.24) is 10.6 Å². The number of sulfonamides is 1. The molecule has 0 saturated heterocycles. The number of anilines is 1. The molecular weight excluding hydrogens is 438 g/mol. The van der Waals surface area contributed by atoms with Crippen molar-refractivity contribution < 1.29 is 32.0 Å². The zero-order chi connectivity index (χ0) is 23.0. The molecule has 0 unspecified atom stereocenters. The van der Waals surface area contributed by atoms with Crippen molar-refractivity contribution in [2.75, 3.05) is 11.3 Å². The van der Waals surface area contributed by atoms with Crippen molar-refractivity contribution in [2.24, 2.45) is 0 Å². The molecule has 0 bridgehead atoms. The molecule has 1 heterocycles. The van der Waals surface area contributed by atoms with E-state index in [-0.39, 0.29) is 17.0 Å². The summed E-state index contributed by atoms with van der Waals surface area (Å²) in [5.74, 6) is -1.18. The molecule has 0 radical (unpaired) electrons. The third-order valence-electron chi connectivity index (χ3n) is 4.02. The average molecular weight is 457 g/mol. The van der Waals surface area contributed by atoms with Gasteiger partial charge in [-0.15, -0.1) is 0 Å². The first-order valence-electron chi connectivity index (χ1n) is 9.28. The minimum absolute atomic E-state index is 0.0405. The fourth-order valence-corrected chi connectivity index (χ4v) is 3.55. The number of esters is 1. The number of carbonyl (C=O) groups is 3. The Morgan fingerprint density at radius 2 is 1.62 bits per heavy atom. The van der Waals surface area contributed by atoms with Gasteiger partial charge in [0.05, 0.1) is 23.3 Å². The first kappa shape index (κ1) is 22.6. The van der Waals surface area contributed by atoms with Crippen LogP contribution in [0.4, 0.5) is 10.5 Å². The number of amides is 3. The van der Waals surface area contributed by atoms with Crippen LogP contribution in [-0.2, 0) is 26.1 Å². The summed E-state index contributed by atoms with van der Waals surface area (Å²) < 4.78 is 37.1. The predicted octanol–water partition coefficient (Wildman–Crippen LogP) is 2.26. The smallest absolute Gasteiger partial charge is 0.338 e. The highest BCUT2D eigenvalue weighted by atomic mass is 32.2. The number of hydrogen-bond acceptors (Lipinski definition) is 7. The third-order valence-corrected chi connectivity index (χ3v) is 5.41. The Morgan fingerprint density at radius 1 is 0.906 bits per heavy atom. The second-order valence-electron chi connectivity index (χ2n) is 6.38. The fourth-order valence-electron chi connectivity index (χ4n) is 2.49. The molecule has 32 heavy (non-hydrogen) atoms. The molecule has 2 aromatic carbocycles. The largest absolute Gasteiger partial charge is 0.467 e. The molecule has 0 aliphatic carbocycles. The number of para-hydroxylation sites is 1. The first-order valence-corrected chi connectivity index (χ1v) is 10.8. The van der Waals surface area contributed by atoms with Crippen LogP contribution in [0.3, 0.4) is 0 Å². The second-order valence-corrected chi connectivity index (χ2v) is 8.06. The molecule has 1 aromatic heterocycles. The normalized spacial score (nSPS) is 10.8. The molecule has 11 heteroatoms. The number of urea groups is 1. The lowest BCUT2D eigenvalue weighted by Gasteiger charge is -2.09. The van der Waals surface area contributed by atoms with Crippen LogP contribution in [0.25, 0.3) is 0 Å². The summed E-state index contributed by atoms with van der Waals surface area (Å²) in [5.41, 5.74) is 0.439. The van der Waals surface area contributed by atoms with Crippen LogP contribution < -0.4 is 15.4 Å². The van der Waals surface area contributed by atoms with Crippen LogP contribution >= 0.6 is 0 Å². The zero-order valence-corrected chi connectivity index (χ0v) is 17.4. The summed E-state index contributed by atoms with van der Waals surface area (Å²) in [4.78, 5) is 35.4. The van der Waals surface area contributed by atoms with E-state index in [1.807, 2.05) is 5.32 Å². The average Bonchev–Trinajstić information content (AvgIpc) is 3.30. The molecule has 3 aromatic rings. The van der Waals surface area contributed by atoms with Gasteiger partial charge in [-0.3, -0.25) is 14.8 Å². The number of benzene rings is 2. The van der Waals surface area contributed by atoms with Gasteiger partial charge in [0.25, 0.3) is 15.9 Å². The summed E-state index contributed by atoms with van der Waals surface area (Å²) in [7, 11) is -3.83. The second kappa shape index (κ2) is 10.3. The highest BCUT2D eigenvalue weighted by Crippen LogP contribution is 2.16. The monoisotopic (exact) mass is 457 g/mol.